The summed E-state index contributed by atoms with van der Waals surface area (Å²) in [5.74, 6) is 0. The summed E-state index contributed by atoms with van der Waals surface area (Å²) in [5, 5.41) is 1.93. The average Bonchev–Trinajstić information content (AvgIpc) is 3.23. The number of halogens is 3. The van der Waals surface area contributed by atoms with Gasteiger partial charge in [-0.05, 0) is 62.1 Å². The Morgan fingerprint density at radius 2 is 1.86 bits per heavy atom. The van der Waals surface area contributed by atoms with Gasteiger partial charge in [-0.25, -0.2) is 9.97 Å². The van der Waals surface area contributed by atoms with Crippen molar-refractivity contribution < 1.29 is 13.2 Å². The van der Waals surface area contributed by atoms with Crippen LogP contribution < -0.4 is 5.73 Å². The van der Waals surface area contributed by atoms with E-state index in [4.69, 9.17) is 5.73 Å². The van der Waals surface area contributed by atoms with Crippen LogP contribution in [-0.2, 0) is 6.18 Å². The number of thiophene rings is 1. The molecule has 1 aromatic carbocycles. The molecule has 0 fully saturated rings. The zero-order chi connectivity index (χ0) is 21.0. The van der Waals surface area contributed by atoms with Crippen molar-refractivity contribution in [1.82, 2.24) is 14.9 Å². The van der Waals surface area contributed by atoms with Crippen molar-refractivity contribution in [2.24, 2.45) is 5.73 Å². The van der Waals surface area contributed by atoms with E-state index in [0.29, 0.717) is 23.3 Å². The highest BCUT2D eigenvalue weighted by Gasteiger charge is 2.31. The summed E-state index contributed by atoms with van der Waals surface area (Å²) in [6, 6.07) is 6.91. The zero-order valence-electron chi connectivity index (χ0n) is 16.5. The fraction of sp³-hybridized carbons (Fsp3) is 0.429. The molecule has 0 saturated heterocycles. The van der Waals surface area contributed by atoms with Crippen LogP contribution in [0.25, 0.3) is 21.6 Å². The predicted octanol–water partition coefficient (Wildman–Crippen LogP) is 5.50. The summed E-state index contributed by atoms with van der Waals surface area (Å²) < 4.78 is 39.3. The minimum atomic E-state index is -4.42. The molecule has 156 valence electrons. The largest absolute Gasteiger partial charge is 0.416 e. The van der Waals surface area contributed by atoms with Gasteiger partial charge in [0.15, 0.2) is 0 Å². The second kappa shape index (κ2) is 9.19. The minimum Gasteiger partial charge on any atom is -0.323 e. The molecule has 1 atom stereocenters. The molecule has 0 spiro atoms. The van der Waals surface area contributed by atoms with Gasteiger partial charge in [-0.2, -0.15) is 13.2 Å². The lowest BCUT2D eigenvalue weighted by molar-refractivity contribution is -0.137. The van der Waals surface area contributed by atoms with Gasteiger partial charge in [-0.1, -0.05) is 19.9 Å². The van der Waals surface area contributed by atoms with Crippen molar-refractivity contribution in [2.45, 2.75) is 38.9 Å². The fourth-order valence-corrected chi connectivity index (χ4v) is 4.03. The van der Waals surface area contributed by atoms with Crippen LogP contribution in [0.2, 0.25) is 0 Å². The van der Waals surface area contributed by atoms with E-state index in [1.165, 1.54) is 17.4 Å². The highest BCUT2D eigenvalue weighted by atomic mass is 32.1. The molecule has 2 N–H and O–H groups in total. The molecule has 3 rings (SSSR count). The van der Waals surface area contributed by atoms with Crippen LogP contribution in [0.5, 0.6) is 0 Å². The lowest BCUT2D eigenvalue weighted by Gasteiger charge is -2.20. The Kier molecular flexibility index (Phi) is 6.87. The zero-order valence-corrected chi connectivity index (χ0v) is 17.4. The summed E-state index contributed by atoms with van der Waals surface area (Å²) in [7, 11) is 0. The Hall–Kier alpha value is -2.03. The molecule has 2 heterocycles. The third-order valence-corrected chi connectivity index (χ3v) is 5.88. The van der Waals surface area contributed by atoms with Crippen LogP contribution in [0.1, 0.15) is 44.0 Å². The maximum Gasteiger partial charge on any atom is 0.416 e. The number of benzene rings is 1. The lowest BCUT2D eigenvalue weighted by Crippen LogP contribution is -2.25. The standard InChI is InChI=1S/C21H25F3N4S/c1-3-28(4-2)11-5-7-15(25)19-20(18-8-6-12-29-18)26-16-10-9-14(21(22,23)24)13-17(16)27-19/h6,8-10,12-13,15H,3-5,7,11,25H2,1-2H3. The number of nitrogens with two attached hydrogens (primary N) is 1. The first-order valence-corrected chi connectivity index (χ1v) is 10.6. The Balaban J connectivity index is 1.96. The number of hydrogen-bond donors (Lipinski definition) is 1. The fourth-order valence-electron chi connectivity index (χ4n) is 3.31. The van der Waals surface area contributed by atoms with E-state index in [-0.39, 0.29) is 5.52 Å². The smallest absolute Gasteiger partial charge is 0.323 e. The second-order valence-corrected chi connectivity index (χ2v) is 7.86. The van der Waals surface area contributed by atoms with Crippen LogP contribution in [0, 0.1) is 0 Å². The number of rotatable bonds is 8. The van der Waals surface area contributed by atoms with Gasteiger partial charge < -0.3 is 10.6 Å². The Morgan fingerprint density at radius 1 is 1.10 bits per heavy atom. The number of nitrogens with zero attached hydrogens (tertiary/aromatic N) is 3. The first-order chi connectivity index (χ1) is 13.8. The van der Waals surface area contributed by atoms with E-state index < -0.39 is 17.8 Å². The van der Waals surface area contributed by atoms with Gasteiger partial charge in [0.05, 0.1) is 27.2 Å². The number of fused-ring (bicyclic) bond motifs is 1. The van der Waals surface area contributed by atoms with Gasteiger partial charge >= 0.3 is 6.18 Å². The van der Waals surface area contributed by atoms with Crippen LogP contribution in [0.15, 0.2) is 35.7 Å². The van der Waals surface area contributed by atoms with Crippen molar-refractivity contribution >= 4 is 22.4 Å². The summed E-state index contributed by atoms with van der Waals surface area (Å²) in [6.07, 6.45) is -2.85. The third-order valence-electron chi connectivity index (χ3n) is 5.01. The van der Waals surface area contributed by atoms with Gasteiger partial charge in [0.2, 0.25) is 0 Å². The van der Waals surface area contributed by atoms with Crippen molar-refractivity contribution in [3.05, 3.63) is 47.0 Å². The van der Waals surface area contributed by atoms with Gasteiger partial charge in [-0.3, -0.25) is 0 Å². The van der Waals surface area contributed by atoms with E-state index in [0.717, 1.165) is 43.1 Å². The first kappa shape index (κ1) is 21.7. The van der Waals surface area contributed by atoms with Crippen molar-refractivity contribution in [3.8, 4) is 10.6 Å². The molecular weight excluding hydrogens is 397 g/mol. The number of hydrogen-bond acceptors (Lipinski definition) is 5. The predicted molar refractivity (Wildman–Crippen MR) is 112 cm³/mol. The van der Waals surface area contributed by atoms with Gasteiger partial charge in [-0.15, -0.1) is 11.3 Å². The quantitative estimate of drug-likeness (QED) is 0.521. The molecule has 0 radical (unpaired) electrons. The molecule has 1 unspecified atom stereocenters. The highest BCUT2D eigenvalue weighted by Crippen LogP contribution is 2.34. The van der Waals surface area contributed by atoms with Crippen molar-refractivity contribution in [1.29, 1.82) is 0 Å². The number of alkyl halides is 3. The van der Waals surface area contributed by atoms with Crippen LogP contribution in [-0.4, -0.2) is 34.5 Å². The highest BCUT2D eigenvalue weighted by molar-refractivity contribution is 7.13. The van der Waals surface area contributed by atoms with Crippen molar-refractivity contribution in [2.75, 3.05) is 19.6 Å². The molecule has 0 bridgehead atoms. The number of aromatic nitrogens is 2. The van der Waals surface area contributed by atoms with E-state index in [2.05, 4.69) is 28.7 Å². The Morgan fingerprint density at radius 3 is 2.48 bits per heavy atom. The maximum atomic E-state index is 13.1. The molecule has 0 aliphatic rings. The summed E-state index contributed by atoms with van der Waals surface area (Å²) in [5.41, 5.74) is 7.57. The summed E-state index contributed by atoms with van der Waals surface area (Å²) in [6.45, 7) is 7.11. The second-order valence-electron chi connectivity index (χ2n) is 6.91. The molecule has 8 heteroatoms. The molecular formula is C21H25F3N4S. The van der Waals surface area contributed by atoms with E-state index >= 15 is 0 Å². The molecule has 0 aliphatic carbocycles. The molecule has 0 amide bonds. The van der Waals surface area contributed by atoms with E-state index in [9.17, 15) is 13.2 Å². The normalized spacial score (nSPS) is 13.3. The van der Waals surface area contributed by atoms with Gasteiger partial charge in [0.25, 0.3) is 0 Å². The van der Waals surface area contributed by atoms with E-state index in [1.807, 2.05) is 17.5 Å². The molecule has 0 aliphatic heterocycles. The third kappa shape index (κ3) is 5.12. The molecule has 2 aromatic heterocycles. The van der Waals surface area contributed by atoms with Gasteiger partial charge in [0, 0.05) is 6.04 Å². The molecule has 0 saturated carbocycles. The van der Waals surface area contributed by atoms with Crippen LogP contribution >= 0.6 is 11.3 Å². The Labute approximate surface area is 172 Å². The maximum absolute atomic E-state index is 13.1. The summed E-state index contributed by atoms with van der Waals surface area (Å²) in [4.78, 5) is 12.4. The Bertz CT molecular complexity index is 937. The van der Waals surface area contributed by atoms with Crippen LogP contribution in [0.3, 0.4) is 0 Å². The topological polar surface area (TPSA) is 55.0 Å². The summed E-state index contributed by atoms with van der Waals surface area (Å²) >= 11 is 1.51. The minimum absolute atomic E-state index is 0.217. The van der Waals surface area contributed by atoms with Crippen LogP contribution in [0.4, 0.5) is 13.2 Å². The molecule has 3 aromatic rings. The van der Waals surface area contributed by atoms with Gasteiger partial charge in [0.1, 0.15) is 5.69 Å². The first-order valence-electron chi connectivity index (χ1n) is 9.74. The van der Waals surface area contributed by atoms with Crippen molar-refractivity contribution in [3.63, 3.8) is 0 Å². The van der Waals surface area contributed by atoms with E-state index in [1.54, 1.807) is 0 Å². The molecule has 29 heavy (non-hydrogen) atoms. The average molecular weight is 423 g/mol. The SMILES string of the molecule is CCN(CC)CCCC(N)c1nc2cc(C(F)(F)F)ccc2nc1-c1cccs1. The molecule has 4 nitrogen and oxygen atoms in total. The lowest BCUT2D eigenvalue weighted by atomic mass is 10.0. The monoisotopic (exact) mass is 422 g/mol.